The summed E-state index contributed by atoms with van der Waals surface area (Å²) < 4.78 is 10.7. The van der Waals surface area contributed by atoms with Crippen LogP contribution in [0.2, 0.25) is 0 Å². The molecule has 0 saturated heterocycles. The fourth-order valence-electron chi connectivity index (χ4n) is 1.56. The first kappa shape index (κ1) is 14.0. The van der Waals surface area contributed by atoms with Crippen molar-refractivity contribution in [2.24, 2.45) is 0 Å². The van der Waals surface area contributed by atoms with Gasteiger partial charge in [-0.15, -0.1) is 0 Å². The van der Waals surface area contributed by atoms with Gasteiger partial charge in [0.05, 0.1) is 33.0 Å². The molecular formula is C13H22NO3+. The zero-order valence-electron chi connectivity index (χ0n) is 10.4. The van der Waals surface area contributed by atoms with Gasteiger partial charge in [-0.05, 0) is 19.1 Å². The van der Waals surface area contributed by atoms with Crippen LogP contribution in [-0.4, -0.2) is 38.1 Å². The maximum absolute atomic E-state index is 8.54. The highest BCUT2D eigenvalue weighted by molar-refractivity contribution is 5.32. The van der Waals surface area contributed by atoms with Crippen molar-refractivity contribution < 1.29 is 19.9 Å². The van der Waals surface area contributed by atoms with E-state index in [1.807, 2.05) is 25.1 Å². The molecule has 0 heterocycles. The van der Waals surface area contributed by atoms with Crippen LogP contribution in [0.5, 0.6) is 5.75 Å². The molecule has 3 N–H and O–H groups in total. The Morgan fingerprint density at radius 2 is 2.06 bits per heavy atom. The minimum atomic E-state index is 0.0904. The molecule has 0 aliphatic heterocycles. The van der Waals surface area contributed by atoms with Gasteiger partial charge in [0.25, 0.3) is 0 Å². The number of benzene rings is 1. The molecule has 0 unspecified atom stereocenters. The highest BCUT2D eigenvalue weighted by atomic mass is 16.5. The normalized spacial score (nSPS) is 10.5. The number of aliphatic hydroxyl groups is 1. The lowest BCUT2D eigenvalue weighted by molar-refractivity contribution is -0.672. The molecule has 0 aliphatic carbocycles. The lowest BCUT2D eigenvalue weighted by Crippen LogP contribution is -2.83. The van der Waals surface area contributed by atoms with Crippen molar-refractivity contribution in [3.05, 3.63) is 29.8 Å². The molecule has 0 saturated carbocycles. The van der Waals surface area contributed by atoms with E-state index in [0.29, 0.717) is 19.8 Å². The van der Waals surface area contributed by atoms with Crippen molar-refractivity contribution in [3.63, 3.8) is 0 Å². The van der Waals surface area contributed by atoms with Crippen LogP contribution in [0.3, 0.4) is 0 Å². The Kier molecular flexibility index (Phi) is 7.38. The summed E-state index contributed by atoms with van der Waals surface area (Å²) in [5.41, 5.74) is 1.21. The second-order valence-corrected chi connectivity index (χ2v) is 3.66. The third-order valence-electron chi connectivity index (χ3n) is 2.34. The summed E-state index contributed by atoms with van der Waals surface area (Å²) in [6.45, 7) is 5.63. The molecule has 17 heavy (non-hydrogen) atoms. The molecule has 4 nitrogen and oxygen atoms in total. The third kappa shape index (κ3) is 5.68. The Morgan fingerprint density at radius 1 is 1.24 bits per heavy atom. The number of quaternary nitrogens is 1. The van der Waals surface area contributed by atoms with E-state index in [0.717, 1.165) is 18.8 Å². The zero-order valence-corrected chi connectivity index (χ0v) is 10.4. The summed E-state index contributed by atoms with van der Waals surface area (Å²) in [7, 11) is 0. The van der Waals surface area contributed by atoms with E-state index in [4.69, 9.17) is 14.6 Å². The first-order chi connectivity index (χ1) is 8.38. The standard InChI is InChI=1S/C13H21NO3/c1-2-17-13-6-4-3-5-12(13)11-14-7-9-16-10-8-15/h3-6,14-15H,2,7-11H2,1H3/p+1. The number of hydrogen-bond acceptors (Lipinski definition) is 3. The van der Waals surface area contributed by atoms with Gasteiger partial charge in [0, 0.05) is 5.56 Å². The maximum Gasteiger partial charge on any atom is 0.128 e. The first-order valence-corrected chi connectivity index (χ1v) is 6.09. The van der Waals surface area contributed by atoms with Crippen LogP contribution in [0, 0.1) is 0 Å². The van der Waals surface area contributed by atoms with E-state index in [9.17, 15) is 0 Å². The van der Waals surface area contributed by atoms with E-state index in [1.54, 1.807) is 0 Å². The SMILES string of the molecule is CCOc1ccccc1C[NH2+]CCOCCO. The number of nitrogens with two attached hydrogens (primary N) is 1. The van der Waals surface area contributed by atoms with Gasteiger partial charge in [0.2, 0.25) is 0 Å². The van der Waals surface area contributed by atoms with Crippen LogP contribution in [0.15, 0.2) is 24.3 Å². The van der Waals surface area contributed by atoms with E-state index in [-0.39, 0.29) is 6.61 Å². The average Bonchev–Trinajstić information content (AvgIpc) is 2.36. The topological polar surface area (TPSA) is 55.3 Å². The molecule has 0 amide bonds. The fourth-order valence-corrected chi connectivity index (χ4v) is 1.56. The van der Waals surface area contributed by atoms with Gasteiger partial charge in [0.1, 0.15) is 12.3 Å². The monoisotopic (exact) mass is 240 g/mol. The fraction of sp³-hybridized carbons (Fsp3) is 0.538. The summed E-state index contributed by atoms with van der Waals surface area (Å²) in [4.78, 5) is 0. The van der Waals surface area contributed by atoms with Gasteiger partial charge in [-0.2, -0.15) is 0 Å². The van der Waals surface area contributed by atoms with E-state index in [2.05, 4.69) is 11.4 Å². The lowest BCUT2D eigenvalue weighted by atomic mass is 10.2. The van der Waals surface area contributed by atoms with Crippen LogP contribution >= 0.6 is 0 Å². The number of rotatable bonds is 9. The van der Waals surface area contributed by atoms with Crippen molar-refractivity contribution in [2.45, 2.75) is 13.5 Å². The molecule has 4 heteroatoms. The predicted octanol–water partition coefficient (Wildman–Crippen LogP) is 0.158. The minimum Gasteiger partial charge on any atom is -0.493 e. The summed E-state index contributed by atoms with van der Waals surface area (Å²) in [5, 5.41) is 10.7. The van der Waals surface area contributed by atoms with Gasteiger partial charge < -0.3 is 19.9 Å². The van der Waals surface area contributed by atoms with Crippen LogP contribution in [0.25, 0.3) is 0 Å². The molecule has 96 valence electrons. The molecule has 0 spiro atoms. The van der Waals surface area contributed by atoms with Gasteiger partial charge in [-0.1, -0.05) is 12.1 Å². The van der Waals surface area contributed by atoms with Crippen molar-refractivity contribution >= 4 is 0 Å². The van der Waals surface area contributed by atoms with Crippen molar-refractivity contribution in [3.8, 4) is 5.75 Å². The molecule has 0 aromatic heterocycles. The summed E-state index contributed by atoms with van der Waals surface area (Å²) in [5.74, 6) is 0.961. The van der Waals surface area contributed by atoms with Crippen LogP contribution in [0.4, 0.5) is 0 Å². The first-order valence-electron chi connectivity index (χ1n) is 6.09. The number of para-hydroxylation sites is 1. The molecule has 0 radical (unpaired) electrons. The smallest absolute Gasteiger partial charge is 0.128 e. The van der Waals surface area contributed by atoms with Crippen LogP contribution in [0.1, 0.15) is 12.5 Å². The second-order valence-electron chi connectivity index (χ2n) is 3.66. The average molecular weight is 240 g/mol. The number of ether oxygens (including phenoxy) is 2. The zero-order chi connectivity index (χ0) is 12.3. The Hall–Kier alpha value is -1.10. The Balaban J connectivity index is 2.25. The molecule has 0 fully saturated rings. The quantitative estimate of drug-likeness (QED) is 0.604. The predicted molar refractivity (Wildman–Crippen MR) is 66.0 cm³/mol. The highest BCUT2D eigenvalue weighted by Gasteiger charge is 2.03. The van der Waals surface area contributed by atoms with E-state index < -0.39 is 0 Å². The van der Waals surface area contributed by atoms with Crippen molar-refractivity contribution in [1.82, 2.24) is 0 Å². The third-order valence-corrected chi connectivity index (χ3v) is 2.34. The molecule has 1 aromatic rings. The van der Waals surface area contributed by atoms with Gasteiger partial charge in [-0.3, -0.25) is 0 Å². The molecule has 0 aliphatic rings. The molecule has 1 aromatic carbocycles. The minimum absolute atomic E-state index is 0.0904. The van der Waals surface area contributed by atoms with Crippen LogP contribution in [-0.2, 0) is 11.3 Å². The molecule has 0 atom stereocenters. The molecule has 1 rings (SSSR count). The molecular weight excluding hydrogens is 218 g/mol. The van der Waals surface area contributed by atoms with Crippen LogP contribution < -0.4 is 10.1 Å². The van der Waals surface area contributed by atoms with Crippen molar-refractivity contribution in [2.75, 3.05) is 33.0 Å². The lowest BCUT2D eigenvalue weighted by Gasteiger charge is -2.09. The summed E-state index contributed by atoms with van der Waals surface area (Å²) in [6.07, 6.45) is 0. The molecule has 0 bridgehead atoms. The van der Waals surface area contributed by atoms with Crippen molar-refractivity contribution in [1.29, 1.82) is 0 Å². The maximum atomic E-state index is 8.54. The number of hydrogen-bond donors (Lipinski definition) is 2. The second kappa shape index (κ2) is 8.98. The van der Waals surface area contributed by atoms with E-state index in [1.165, 1.54) is 5.56 Å². The Labute approximate surface area is 103 Å². The Bertz CT molecular complexity index is 304. The summed E-state index contributed by atoms with van der Waals surface area (Å²) >= 11 is 0. The Morgan fingerprint density at radius 3 is 2.82 bits per heavy atom. The van der Waals surface area contributed by atoms with E-state index >= 15 is 0 Å². The van der Waals surface area contributed by atoms with Gasteiger partial charge in [-0.25, -0.2) is 0 Å². The summed E-state index contributed by atoms with van der Waals surface area (Å²) in [6, 6.07) is 8.08. The van der Waals surface area contributed by atoms with Gasteiger partial charge >= 0.3 is 0 Å². The van der Waals surface area contributed by atoms with Gasteiger partial charge in [0.15, 0.2) is 0 Å². The largest absolute Gasteiger partial charge is 0.493 e. The number of aliphatic hydroxyl groups excluding tert-OH is 1. The highest BCUT2D eigenvalue weighted by Crippen LogP contribution is 2.16.